The van der Waals surface area contributed by atoms with Gasteiger partial charge in [-0.15, -0.1) is 0 Å². The first-order valence-corrected chi connectivity index (χ1v) is 18.3. The topological polar surface area (TPSA) is 9.23 Å². The molecule has 0 amide bonds. The zero-order chi connectivity index (χ0) is 7.94. The number of benzene rings is 1. The van der Waals surface area contributed by atoms with Crippen LogP contribution in [0.25, 0.3) is 0 Å². The fraction of sp³-hybridized carbons (Fsp3) is 0. The van der Waals surface area contributed by atoms with Crippen molar-refractivity contribution >= 4 is 36.1 Å². The molecule has 1 nitrogen and oxygen atoms in total. The van der Waals surface area contributed by atoms with Crippen LogP contribution < -0.4 is 4.43 Å². The molecule has 0 heterocycles. The average molecular weight is 215 g/mol. The Morgan fingerprint density at radius 2 is 1.91 bits per heavy atom. The number of hydrogen-bond donors (Lipinski definition) is 0. The van der Waals surface area contributed by atoms with Gasteiger partial charge in [-0.25, -0.2) is 0 Å². The van der Waals surface area contributed by atoms with E-state index in [0.717, 1.165) is 5.75 Å². The van der Waals surface area contributed by atoms with E-state index in [1.807, 2.05) is 18.2 Å². The lowest BCUT2D eigenvalue weighted by atomic mass is 10.3. The van der Waals surface area contributed by atoms with Gasteiger partial charge in [0.25, 0.3) is 0 Å². The zero-order valence-corrected chi connectivity index (χ0v) is 13.2. The Bertz CT molecular complexity index is 191. The van der Waals surface area contributed by atoms with Crippen molar-refractivity contribution in [3.63, 3.8) is 0 Å². The van der Waals surface area contributed by atoms with E-state index in [1.54, 1.807) is 0 Å². The van der Waals surface area contributed by atoms with Gasteiger partial charge in [-0.2, -0.15) is 0 Å². The molecule has 0 radical (unpaired) electrons. The number of rotatable bonds is 4. The van der Waals surface area contributed by atoms with Crippen LogP contribution in [-0.2, 0) is 0 Å². The fourth-order valence-electron chi connectivity index (χ4n) is 0.851. The normalized spacial score (nSPS) is 13.1. The van der Waals surface area contributed by atoms with E-state index >= 15 is 0 Å². The van der Waals surface area contributed by atoms with Crippen LogP contribution in [0.5, 0.6) is 5.75 Å². The van der Waals surface area contributed by atoms with Gasteiger partial charge >= 0.3 is 0 Å². The molecule has 60 valence electrons. The summed E-state index contributed by atoms with van der Waals surface area (Å²) in [6.07, 6.45) is 0. The van der Waals surface area contributed by atoms with Crippen LogP contribution in [-0.4, -0.2) is 36.1 Å². The van der Waals surface area contributed by atoms with E-state index in [9.17, 15) is 0 Å². The van der Waals surface area contributed by atoms with Crippen molar-refractivity contribution < 1.29 is 4.43 Å². The molecule has 0 spiro atoms. The average Bonchev–Trinajstić information content (AvgIpc) is 2.07. The smallest absolute Gasteiger partial charge is 0.195 e. The van der Waals surface area contributed by atoms with Crippen molar-refractivity contribution in [1.29, 1.82) is 0 Å². The zero-order valence-electron chi connectivity index (χ0n) is 6.92. The van der Waals surface area contributed by atoms with E-state index in [4.69, 9.17) is 4.43 Å². The Morgan fingerprint density at radius 3 is 2.55 bits per heavy atom. The quantitative estimate of drug-likeness (QED) is 0.401. The molecule has 0 bridgehead atoms. The third kappa shape index (κ3) is 3.70. The van der Waals surface area contributed by atoms with Crippen LogP contribution in [0.4, 0.5) is 0 Å². The molecule has 1 aromatic carbocycles. The van der Waals surface area contributed by atoms with Gasteiger partial charge in [-0.3, -0.25) is 0 Å². The van der Waals surface area contributed by atoms with E-state index < -0.39 is 0 Å². The SMILES string of the molecule is [SiH3][SiH2][SiH2][SiH2]Oc1ccccc1. The summed E-state index contributed by atoms with van der Waals surface area (Å²) in [7, 11) is 2.38. The van der Waals surface area contributed by atoms with Crippen LogP contribution >= 0.6 is 0 Å². The minimum absolute atomic E-state index is 0.0517. The summed E-state index contributed by atoms with van der Waals surface area (Å²) in [5, 5.41) is 0. The first kappa shape index (κ1) is 8.98. The first-order valence-electron chi connectivity index (χ1n) is 4.11. The largest absolute Gasteiger partial charge is 0.554 e. The molecule has 0 aliphatic rings. The predicted molar refractivity (Wildman–Crippen MR) is 62.6 cm³/mol. The van der Waals surface area contributed by atoms with Gasteiger partial charge in [-0.1, -0.05) is 18.2 Å². The predicted octanol–water partition coefficient (Wildman–Crippen LogP) is -2.40. The second-order valence-electron chi connectivity index (χ2n) is 2.52. The molecule has 1 aromatic rings. The van der Waals surface area contributed by atoms with Crippen LogP contribution in [0, 0.1) is 0 Å². The summed E-state index contributed by atoms with van der Waals surface area (Å²) in [4.78, 5) is 0. The van der Waals surface area contributed by atoms with Gasteiger partial charge in [0.05, 0.1) is 0 Å². The van der Waals surface area contributed by atoms with Gasteiger partial charge in [0.1, 0.15) is 5.75 Å². The maximum atomic E-state index is 5.70. The van der Waals surface area contributed by atoms with Crippen molar-refractivity contribution in [2.45, 2.75) is 0 Å². The van der Waals surface area contributed by atoms with Gasteiger partial charge < -0.3 is 4.43 Å². The maximum Gasteiger partial charge on any atom is 0.195 e. The van der Waals surface area contributed by atoms with E-state index in [0.29, 0.717) is 17.1 Å². The molecule has 5 heteroatoms. The summed E-state index contributed by atoms with van der Waals surface area (Å²) in [5.74, 6) is 1.11. The van der Waals surface area contributed by atoms with Crippen LogP contribution in [0.15, 0.2) is 30.3 Å². The molecule has 0 aliphatic carbocycles. The summed E-state index contributed by atoms with van der Waals surface area (Å²) in [6, 6.07) is 10.3. The standard InChI is InChI=1S/C6H14OSi4/c8-10-11-9-7-6-4-2-1-3-5-6/h1-5H,9-11H2,8H3. The highest BCUT2D eigenvalue weighted by Crippen LogP contribution is 2.06. The maximum absolute atomic E-state index is 5.70. The van der Waals surface area contributed by atoms with Crippen molar-refractivity contribution in [2.24, 2.45) is 0 Å². The third-order valence-electron chi connectivity index (χ3n) is 1.51. The number of hydrogen-bond acceptors (Lipinski definition) is 1. The van der Waals surface area contributed by atoms with Crippen LogP contribution in [0.2, 0.25) is 0 Å². The van der Waals surface area contributed by atoms with Crippen molar-refractivity contribution in [3.05, 3.63) is 30.3 Å². The lowest BCUT2D eigenvalue weighted by Crippen LogP contribution is -2.18. The van der Waals surface area contributed by atoms with Crippen molar-refractivity contribution in [2.75, 3.05) is 0 Å². The Labute approximate surface area is 76.9 Å². The second-order valence-corrected chi connectivity index (χ2v) is 26.6. The van der Waals surface area contributed by atoms with Crippen LogP contribution in [0.3, 0.4) is 0 Å². The highest BCUT2D eigenvalue weighted by atomic mass is 29.7. The summed E-state index contributed by atoms with van der Waals surface area (Å²) in [5.41, 5.74) is 0. The number of para-hydroxylation sites is 1. The minimum Gasteiger partial charge on any atom is -0.554 e. The molecule has 1 rings (SSSR count). The minimum atomic E-state index is -0.0517. The monoisotopic (exact) mass is 214 g/mol. The Morgan fingerprint density at radius 1 is 1.18 bits per heavy atom. The van der Waals surface area contributed by atoms with Gasteiger partial charge in [0, 0.05) is 8.55 Å². The summed E-state index contributed by atoms with van der Waals surface area (Å²) in [6.45, 7) is 0. The van der Waals surface area contributed by atoms with Crippen molar-refractivity contribution in [3.8, 4) is 5.75 Å². The summed E-state index contributed by atoms with van der Waals surface area (Å²) < 4.78 is 5.70. The Balaban J connectivity index is 2.28. The molecule has 0 saturated carbocycles. The fourth-order valence-corrected chi connectivity index (χ4v) is 15.4. The highest BCUT2D eigenvalue weighted by Gasteiger charge is 1.90. The molecule has 11 heavy (non-hydrogen) atoms. The first-order chi connectivity index (χ1) is 5.43. The molecular weight excluding hydrogens is 200 g/mol. The molecule has 0 fully saturated rings. The molecule has 0 saturated heterocycles. The van der Waals surface area contributed by atoms with E-state index in [2.05, 4.69) is 12.1 Å². The van der Waals surface area contributed by atoms with Gasteiger partial charge in [0.15, 0.2) is 9.28 Å². The van der Waals surface area contributed by atoms with Gasteiger partial charge in [0.2, 0.25) is 0 Å². The lowest BCUT2D eigenvalue weighted by Gasteiger charge is -2.03. The van der Waals surface area contributed by atoms with E-state index in [1.165, 1.54) is 9.76 Å². The molecule has 0 N–H and O–H groups in total. The molecular formula is C6H14OSi4. The molecule has 0 aromatic heterocycles. The highest BCUT2D eigenvalue weighted by molar-refractivity contribution is 7.40. The lowest BCUT2D eigenvalue weighted by molar-refractivity contribution is 0.610. The molecule has 0 aliphatic heterocycles. The Kier molecular flexibility index (Phi) is 4.51. The van der Waals surface area contributed by atoms with Crippen LogP contribution in [0.1, 0.15) is 0 Å². The summed E-state index contributed by atoms with van der Waals surface area (Å²) >= 11 is 0. The van der Waals surface area contributed by atoms with Gasteiger partial charge in [-0.05, 0) is 30.4 Å². The molecule has 0 atom stereocenters. The van der Waals surface area contributed by atoms with E-state index in [-0.39, 0.29) is 9.28 Å². The molecule has 0 unspecified atom stereocenters. The third-order valence-corrected chi connectivity index (χ3v) is 34.7. The Hall–Kier alpha value is -0.112. The van der Waals surface area contributed by atoms with Crippen molar-refractivity contribution in [1.82, 2.24) is 0 Å². The second kappa shape index (κ2) is 5.53.